The van der Waals surface area contributed by atoms with Crippen molar-refractivity contribution in [2.75, 3.05) is 23.3 Å². The molecule has 1 aliphatic rings. The summed E-state index contributed by atoms with van der Waals surface area (Å²) in [6.45, 7) is 3.33. The van der Waals surface area contributed by atoms with Crippen molar-refractivity contribution >= 4 is 29.2 Å². The zero-order chi connectivity index (χ0) is 14.1. The molecule has 0 aliphatic carbocycles. The van der Waals surface area contributed by atoms with Crippen molar-refractivity contribution < 1.29 is 4.39 Å². The van der Waals surface area contributed by atoms with Crippen LogP contribution in [0.2, 0.25) is 5.28 Å². The number of aromatic nitrogens is 3. The number of rotatable bonds is 3. The van der Waals surface area contributed by atoms with Crippen molar-refractivity contribution in [2.45, 2.75) is 13.3 Å². The molecule has 0 atom stereocenters. The van der Waals surface area contributed by atoms with E-state index in [0.29, 0.717) is 25.0 Å². The van der Waals surface area contributed by atoms with E-state index in [1.807, 2.05) is 11.8 Å². The molecule has 2 heterocycles. The van der Waals surface area contributed by atoms with Crippen LogP contribution < -0.4 is 10.2 Å². The molecular formula is C13H13ClFN5. The number of anilines is 3. The number of halogens is 2. The maximum absolute atomic E-state index is 13.4. The highest BCUT2D eigenvalue weighted by Gasteiger charge is 2.24. The molecule has 0 amide bonds. The van der Waals surface area contributed by atoms with Gasteiger partial charge in [0.2, 0.25) is 17.2 Å². The Balaban J connectivity index is 2.01. The first-order valence-electron chi connectivity index (χ1n) is 6.39. The fourth-order valence-electron chi connectivity index (χ4n) is 2.26. The molecule has 1 aliphatic heterocycles. The minimum Gasteiger partial charge on any atom is -0.354 e. The number of nitrogens with one attached hydrogen (secondary N) is 1. The minimum absolute atomic E-state index is 0.121. The maximum Gasteiger partial charge on any atom is 0.236 e. The van der Waals surface area contributed by atoms with E-state index in [2.05, 4.69) is 20.3 Å². The van der Waals surface area contributed by atoms with Gasteiger partial charge in [-0.1, -0.05) is 6.07 Å². The average molecular weight is 294 g/mol. The van der Waals surface area contributed by atoms with Crippen LogP contribution in [-0.4, -0.2) is 28.0 Å². The van der Waals surface area contributed by atoms with Gasteiger partial charge in [-0.2, -0.15) is 15.0 Å². The van der Waals surface area contributed by atoms with E-state index in [1.165, 1.54) is 12.1 Å². The van der Waals surface area contributed by atoms with E-state index >= 15 is 0 Å². The number of nitrogens with zero attached hydrogens (tertiary/aromatic N) is 4. The number of benzene rings is 1. The third kappa shape index (κ3) is 2.38. The second-order valence-electron chi connectivity index (χ2n) is 4.43. The molecule has 0 radical (unpaired) electrons. The second-order valence-corrected chi connectivity index (χ2v) is 4.77. The van der Waals surface area contributed by atoms with Crippen LogP contribution in [0, 0.1) is 5.82 Å². The fraction of sp³-hybridized carbons (Fsp3) is 0.308. The van der Waals surface area contributed by atoms with E-state index in [4.69, 9.17) is 11.6 Å². The zero-order valence-corrected chi connectivity index (χ0v) is 11.7. The normalized spacial score (nSPS) is 13.4. The zero-order valence-electron chi connectivity index (χ0n) is 10.9. The quantitative estimate of drug-likeness (QED) is 0.943. The highest BCUT2D eigenvalue weighted by atomic mass is 35.5. The highest BCUT2D eigenvalue weighted by Crippen LogP contribution is 2.33. The summed E-state index contributed by atoms with van der Waals surface area (Å²) in [5, 5.41) is 3.12. The van der Waals surface area contributed by atoms with Crippen LogP contribution in [0.5, 0.6) is 0 Å². The van der Waals surface area contributed by atoms with E-state index in [9.17, 15) is 4.39 Å². The first-order chi connectivity index (χ1) is 9.67. The topological polar surface area (TPSA) is 53.9 Å². The summed E-state index contributed by atoms with van der Waals surface area (Å²) in [4.78, 5) is 14.3. The summed E-state index contributed by atoms with van der Waals surface area (Å²) in [5.41, 5.74) is 1.86. The number of hydrogen-bond donors (Lipinski definition) is 1. The lowest BCUT2D eigenvalue weighted by molar-refractivity contribution is 0.628. The van der Waals surface area contributed by atoms with Crippen molar-refractivity contribution in [1.29, 1.82) is 0 Å². The van der Waals surface area contributed by atoms with Gasteiger partial charge in [-0.25, -0.2) is 4.39 Å². The van der Waals surface area contributed by atoms with Crippen molar-refractivity contribution in [2.24, 2.45) is 0 Å². The Morgan fingerprint density at radius 1 is 1.35 bits per heavy atom. The summed E-state index contributed by atoms with van der Waals surface area (Å²) in [7, 11) is 0. The number of fused-ring (bicyclic) bond motifs is 1. The van der Waals surface area contributed by atoms with Crippen molar-refractivity contribution in [3.05, 3.63) is 34.9 Å². The first kappa shape index (κ1) is 13.1. The van der Waals surface area contributed by atoms with Crippen LogP contribution in [-0.2, 0) is 6.42 Å². The third-order valence-corrected chi connectivity index (χ3v) is 3.28. The van der Waals surface area contributed by atoms with Crippen molar-refractivity contribution in [3.63, 3.8) is 0 Å². The molecule has 0 unspecified atom stereocenters. The standard InChI is InChI=1S/C13H13ClFN5/c1-2-16-12-17-11(14)18-13(19-12)20-6-5-8-3-4-9(15)7-10(8)20/h3-4,7H,2,5-6H2,1H3,(H,16,17,18,19). The molecule has 0 fully saturated rings. The van der Waals surface area contributed by atoms with E-state index in [1.54, 1.807) is 6.07 Å². The van der Waals surface area contributed by atoms with E-state index in [0.717, 1.165) is 17.7 Å². The van der Waals surface area contributed by atoms with E-state index < -0.39 is 0 Å². The summed E-state index contributed by atoms with van der Waals surface area (Å²) in [6.07, 6.45) is 0.829. The predicted molar refractivity (Wildman–Crippen MR) is 76.1 cm³/mol. The molecule has 104 valence electrons. The molecule has 7 heteroatoms. The van der Waals surface area contributed by atoms with Gasteiger partial charge in [0.15, 0.2) is 0 Å². The molecule has 0 spiro atoms. The molecule has 1 aromatic heterocycles. The highest BCUT2D eigenvalue weighted by molar-refractivity contribution is 6.28. The lowest BCUT2D eigenvalue weighted by Gasteiger charge is -2.17. The Morgan fingerprint density at radius 2 is 2.20 bits per heavy atom. The molecule has 0 saturated carbocycles. The number of hydrogen-bond acceptors (Lipinski definition) is 5. The Kier molecular flexibility index (Phi) is 3.40. The SMILES string of the molecule is CCNc1nc(Cl)nc(N2CCc3ccc(F)cc32)n1. The van der Waals surface area contributed by atoms with Crippen LogP contribution in [0.3, 0.4) is 0 Å². The monoisotopic (exact) mass is 293 g/mol. The molecular weight excluding hydrogens is 281 g/mol. The van der Waals surface area contributed by atoms with Crippen LogP contribution in [0.4, 0.5) is 22.0 Å². The largest absolute Gasteiger partial charge is 0.354 e. The van der Waals surface area contributed by atoms with Gasteiger partial charge in [0.1, 0.15) is 5.82 Å². The van der Waals surface area contributed by atoms with Gasteiger partial charge in [0, 0.05) is 13.1 Å². The van der Waals surface area contributed by atoms with Gasteiger partial charge in [0.05, 0.1) is 5.69 Å². The lowest BCUT2D eigenvalue weighted by Crippen LogP contribution is -2.18. The Hall–Kier alpha value is -1.95. The molecule has 0 saturated heterocycles. The van der Waals surface area contributed by atoms with Gasteiger partial charge in [0.25, 0.3) is 0 Å². The van der Waals surface area contributed by atoms with Crippen LogP contribution in [0.15, 0.2) is 18.2 Å². The minimum atomic E-state index is -0.275. The van der Waals surface area contributed by atoms with Gasteiger partial charge in [-0.05, 0) is 42.6 Å². The summed E-state index contributed by atoms with van der Waals surface area (Å²) >= 11 is 5.92. The third-order valence-electron chi connectivity index (χ3n) is 3.12. The van der Waals surface area contributed by atoms with E-state index in [-0.39, 0.29) is 11.1 Å². The molecule has 1 aromatic carbocycles. The Morgan fingerprint density at radius 3 is 3.00 bits per heavy atom. The fourth-order valence-corrected chi connectivity index (χ4v) is 2.41. The molecule has 2 aromatic rings. The Bertz CT molecular complexity index is 649. The summed E-state index contributed by atoms with van der Waals surface area (Å²) in [6, 6.07) is 4.75. The second kappa shape index (κ2) is 5.20. The average Bonchev–Trinajstić information content (AvgIpc) is 2.81. The molecule has 5 nitrogen and oxygen atoms in total. The predicted octanol–water partition coefficient (Wildman–Crippen LogP) is 2.79. The van der Waals surface area contributed by atoms with Crippen molar-refractivity contribution in [3.8, 4) is 0 Å². The summed E-state index contributed by atoms with van der Waals surface area (Å²) < 4.78 is 13.4. The summed E-state index contributed by atoms with van der Waals surface area (Å²) in [5.74, 6) is 0.584. The van der Waals surface area contributed by atoms with Crippen LogP contribution in [0.25, 0.3) is 0 Å². The molecule has 0 bridgehead atoms. The van der Waals surface area contributed by atoms with Gasteiger partial charge in [-0.15, -0.1) is 0 Å². The smallest absolute Gasteiger partial charge is 0.236 e. The lowest BCUT2D eigenvalue weighted by atomic mass is 10.2. The first-order valence-corrected chi connectivity index (χ1v) is 6.76. The molecule has 3 rings (SSSR count). The molecule has 1 N–H and O–H groups in total. The molecule has 20 heavy (non-hydrogen) atoms. The van der Waals surface area contributed by atoms with Gasteiger partial charge in [-0.3, -0.25) is 0 Å². The van der Waals surface area contributed by atoms with Gasteiger partial charge >= 0.3 is 0 Å². The Labute approximate surface area is 120 Å². The van der Waals surface area contributed by atoms with Gasteiger partial charge < -0.3 is 10.2 Å². The maximum atomic E-state index is 13.4. The van der Waals surface area contributed by atoms with Crippen LogP contribution in [0.1, 0.15) is 12.5 Å². The van der Waals surface area contributed by atoms with Crippen molar-refractivity contribution in [1.82, 2.24) is 15.0 Å². The van der Waals surface area contributed by atoms with Crippen LogP contribution >= 0.6 is 11.6 Å².